The normalized spacial score (nSPS) is 11.9. The van der Waals surface area contributed by atoms with Crippen molar-refractivity contribution in [2.45, 2.75) is 37.2 Å². The molecule has 4 rings (SSSR count). The second-order valence-corrected chi connectivity index (χ2v) is 12.7. The largest absolute Gasteiger partial charge is 0.354 e. The molecule has 0 heterocycles. The van der Waals surface area contributed by atoms with E-state index in [1.165, 1.54) is 23.1 Å². The first-order valence-corrected chi connectivity index (χ1v) is 16.1. The van der Waals surface area contributed by atoms with E-state index in [2.05, 4.69) is 5.32 Å². The van der Waals surface area contributed by atoms with Gasteiger partial charge in [-0.1, -0.05) is 96.9 Å². The molecule has 7 nitrogen and oxygen atoms in total. The molecule has 0 unspecified atom stereocenters. The molecule has 224 valence electrons. The number of nitrogens with zero attached hydrogens (tertiary/aromatic N) is 2. The van der Waals surface area contributed by atoms with Crippen LogP contribution in [0.15, 0.2) is 114 Å². The van der Waals surface area contributed by atoms with Crippen LogP contribution >= 0.6 is 23.2 Å². The van der Waals surface area contributed by atoms with Gasteiger partial charge in [0.05, 0.1) is 10.6 Å². The van der Waals surface area contributed by atoms with Crippen molar-refractivity contribution in [3.8, 4) is 0 Å². The van der Waals surface area contributed by atoms with Crippen molar-refractivity contribution < 1.29 is 18.0 Å². The van der Waals surface area contributed by atoms with Crippen LogP contribution in [0.3, 0.4) is 0 Å². The summed E-state index contributed by atoms with van der Waals surface area (Å²) in [5, 5.41) is 3.72. The number of amides is 2. The van der Waals surface area contributed by atoms with E-state index in [4.69, 9.17) is 23.2 Å². The zero-order valence-corrected chi connectivity index (χ0v) is 26.0. The summed E-state index contributed by atoms with van der Waals surface area (Å²) in [6.45, 7) is 1.84. The van der Waals surface area contributed by atoms with Gasteiger partial charge >= 0.3 is 0 Å². The average molecular weight is 639 g/mol. The molecule has 1 N–H and O–H groups in total. The number of hydrogen-bond donors (Lipinski definition) is 1. The highest BCUT2D eigenvalue weighted by Crippen LogP contribution is 2.27. The molecule has 0 saturated carbocycles. The molecular weight excluding hydrogens is 605 g/mol. The van der Waals surface area contributed by atoms with Gasteiger partial charge in [-0.2, -0.15) is 0 Å². The number of nitrogens with one attached hydrogen (secondary N) is 1. The maximum Gasteiger partial charge on any atom is 0.264 e. The van der Waals surface area contributed by atoms with Gasteiger partial charge in [-0.3, -0.25) is 13.9 Å². The summed E-state index contributed by atoms with van der Waals surface area (Å²) in [5.41, 5.74) is 1.77. The van der Waals surface area contributed by atoms with Crippen LogP contribution < -0.4 is 9.62 Å². The third kappa shape index (κ3) is 8.60. The quantitative estimate of drug-likeness (QED) is 0.185. The van der Waals surface area contributed by atoms with Crippen molar-refractivity contribution in [3.63, 3.8) is 0 Å². The van der Waals surface area contributed by atoms with Crippen LogP contribution in [0.25, 0.3) is 0 Å². The molecule has 0 aliphatic rings. The van der Waals surface area contributed by atoms with E-state index in [9.17, 15) is 18.0 Å². The Morgan fingerprint density at radius 2 is 1.40 bits per heavy atom. The molecule has 0 fully saturated rings. The van der Waals surface area contributed by atoms with E-state index < -0.39 is 28.5 Å². The van der Waals surface area contributed by atoms with Gasteiger partial charge in [-0.25, -0.2) is 8.42 Å². The molecule has 0 aliphatic carbocycles. The maximum atomic E-state index is 14.4. The van der Waals surface area contributed by atoms with E-state index in [1.807, 2.05) is 43.3 Å². The lowest BCUT2D eigenvalue weighted by molar-refractivity contribution is -0.140. The molecule has 0 saturated heterocycles. The first kappa shape index (κ1) is 32.1. The summed E-state index contributed by atoms with van der Waals surface area (Å²) in [6.07, 6.45) is 0.940. The van der Waals surface area contributed by atoms with Gasteiger partial charge in [0, 0.05) is 29.6 Å². The summed E-state index contributed by atoms with van der Waals surface area (Å²) in [5.74, 6) is -0.895. The van der Waals surface area contributed by atoms with Crippen molar-refractivity contribution in [2.24, 2.45) is 0 Å². The summed E-state index contributed by atoms with van der Waals surface area (Å²) >= 11 is 12.5. The molecule has 4 aromatic rings. The number of sulfonamides is 1. The highest BCUT2D eigenvalue weighted by molar-refractivity contribution is 7.92. The van der Waals surface area contributed by atoms with Crippen LogP contribution in [0.5, 0.6) is 0 Å². The fourth-order valence-electron chi connectivity index (χ4n) is 4.63. The van der Waals surface area contributed by atoms with Gasteiger partial charge < -0.3 is 10.2 Å². The molecule has 0 spiro atoms. The summed E-state index contributed by atoms with van der Waals surface area (Å²) in [4.78, 5) is 29.5. The Kier molecular flexibility index (Phi) is 11.2. The van der Waals surface area contributed by atoms with Gasteiger partial charge in [-0.15, -0.1) is 0 Å². The van der Waals surface area contributed by atoms with Crippen LogP contribution in [0.1, 0.15) is 24.5 Å². The zero-order valence-electron chi connectivity index (χ0n) is 23.7. The topological polar surface area (TPSA) is 86.8 Å². The Morgan fingerprint density at radius 1 is 0.791 bits per heavy atom. The van der Waals surface area contributed by atoms with Gasteiger partial charge in [0.25, 0.3) is 10.0 Å². The molecule has 1 atom stereocenters. The third-order valence-electron chi connectivity index (χ3n) is 6.77. The van der Waals surface area contributed by atoms with Gasteiger partial charge in [0.2, 0.25) is 11.8 Å². The zero-order chi connectivity index (χ0) is 30.8. The monoisotopic (exact) mass is 637 g/mol. The van der Waals surface area contributed by atoms with Crippen molar-refractivity contribution in [3.05, 3.63) is 130 Å². The summed E-state index contributed by atoms with van der Waals surface area (Å²) < 4.78 is 28.9. The molecule has 0 bridgehead atoms. The molecule has 0 radical (unpaired) electrons. The lowest BCUT2D eigenvalue weighted by Crippen LogP contribution is -2.53. The van der Waals surface area contributed by atoms with Crippen LogP contribution in [-0.4, -0.2) is 44.3 Å². The molecule has 0 aliphatic heterocycles. The molecule has 43 heavy (non-hydrogen) atoms. The highest BCUT2D eigenvalue weighted by Gasteiger charge is 2.34. The fourth-order valence-corrected chi connectivity index (χ4v) is 6.46. The Hall–Kier alpha value is -3.85. The summed E-state index contributed by atoms with van der Waals surface area (Å²) in [7, 11) is -4.19. The lowest BCUT2D eigenvalue weighted by atomic mass is 10.0. The Balaban J connectivity index is 1.79. The first-order valence-electron chi connectivity index (χ1n) is 13.9. The number of carbonyl (C=O) groups excluding carboxylic acids is 2. The summed E-state index contributed by atoms with van der Waals surface area (Å²) in [6, 6.07) is 29.7. The average Bonchev–Trinajstić information content (AvgIpc) is 3.01. The Labute approximate surface area is 263 Å². The Bertz CT molecular complexity index is 1640. The van der Waals surface area contributed by atoms with Crippen LogP contribution in [0.4, 0.5) is 5.69 Å². The smallest absolute Gasteiger partial charge is 0.264 e. The number of rotatable bonds is 13. The number of carbonyl (C=O) groups is 2. The number of hydrogen-bond acceptors (Lipinski definition) is 4. The maximum absolute atomic E-state index is 14.4. The van der Waals surface area contributed by atoms with Crippen LogP contribution in [-0.2, 0) is 32.6 Å². The lowest BCUT2D eigenvalue weighted by Gasteiger charge is -2.34. The number of halogens is 2. The molecule has 0 aromatic heterocycles. The molecule has 4 aromatic carbocycles. The SMILES string of the molecule is CCCNC(=O)[C@@H](Cc1ccccc1)N(Cc1cccc(Cl)c1)C(=O)CN(c1cccc(Cl)c1)S(=O)(=O)c1ccccc1. The van der Waals surface area contributed by atoms with Crippen molar-refractivity contribution in [1.82, 2.24) is 10.2 Å². The molecular formula is C33H33Cl2N3O4S. The van der Waals surface area contributed by atoms with E-state index in [1.54, 1.807) is 54.6 Å². The van der Waals surface area contributed by atoms with Gasteiger partial charge in [0.15, 0.2) is 0 Å². The van der Waals surface area contributed by atoms with Crippen LogP contribution in [0, 0.1) is 0 Å². The minimum absolute atomic E-state index is 0.0192. The van der Waals surface area contributed by atoms with Crippen LogP contribution in [0.2, 0.25) is 10.0 Å². The van der Waals surface area contributed by atoms with Gasteiger partial charge in [0.1, 0.15) is 12.6 Å². The van der Waals surface area contributed by atoms with E-state index >= 15 is 0 Å². The minimum Gasteiger partial charge on any atom is -0.354 e. The van der Waals surface area contributed by atoms with Crippen molar-refractivity contribution in [2.75, 3.05) is 17.4 Å². The van der Waals surface area contributed by atoms with Crippen molar-refractivity contribution in [1.29, 1.82) is 0 Å². The number of benzene rings is 4. The third-order valence-corrected chi connectivity index (χ3v) is 9.03. The van der Waals surface area contributed by atoms with E-state index in [-0.39, 0.29) is 29.5 Å². The second kappa shape index (κ2) is 15.0. The van der Waals surface area contributed by atoms with E-state index in [0.29, 0.717) is 28.6 Å². The first-order chi connectivity index (χ1) is 20.7. The predicted molar refractivity (Wildman–Crippen MR) is 172 cm³/mol. The number of anilines is 1. The molecule has 10 heteroatoms. The predicted octanol–water partition coefficient (Wildman–Crippen LogP) is 6.36. The minimum atomic E-state index is -4.19. The molecule has 2 amide bonds. The second-order valence-electron chi connectivity index (χ2n) is 9.95. The van der Waals surface area contributed by atoms with Gasteiger partial charge in [-0.05, 0) is 60.0 Å². The standard InChI is InChI=1S/C33H33Cl2N3O4S/c1-2-19-36-33(40)31(21-25-11-5-3-6-12-25)37(23-26-13-9-14-27(34)20-26)32(39)24-38(29-16-10-15-28(35)22-29)43(41,42)30-17-7-4-8-18-30/h3-18,20,22,31H,2,19,21,23-24H2,1H3,(H,36,40)/t31-/m1/s1. The highest BCUT2D eigenvalue weighted by atomic mass is 35.5. The fraction of sp³-hybridized carbons (Fsp3) is 0.212. The van der Waals surface area contributed by atoms with Crippen molar-refractivity contribution >= 4 is 50.7 Å². The van der Waals surface area contributed by atoms with E-state index in [0.717, 1.165) is 9.87 Å². The Morgan fingerprint density at radius 3 is 2.02 bits per heavy atom.